The normalized spacial score (nSPS) is 14.5. The van der Waals surface area contributed by atoms with Gasteiger partial charge in [0.1, 0.15) is 0 Å². The van der Waals surface area contributed by atoms with Gasteiger partial charge in [-0.05, 0) is 18.6 Å². The molecule has 0 radical (unpaired) electrons. The second-order valence-electron chi connectivity index (χ2n) is 2.79. The zero-order chi connectivity index (χ0) is 9.14. The van der Waals surface area contributed by atoms with Crippen molar-refractivity contribution in [1.82, 2.24) is 0 Å². The highest BCUT2D eigenvalue weighted by Gasteiger charge is 2.13. The Hall–Kier alpha value is -0.0900. The highest BCUT2D eigenvalue weighted by atomic mass is 79.9. The predicted octanol–water partition coefficient (Wildman–Crippen LogP) is 2.25. The number of aliphatic hydroxyl groups excluding tert-OH is 1. The Morgan fingerprint density at radius 2 is 1.92 bits per heavy atom. The molecule has 0 aromatic heterocycles. The molecule has 0 aliphatic carbocycles. The summed E-state index contributed by atoms with van der Waals surface area (Å²) in [7, 11) is 0. The fourth-order valence-electron chi connectivity index (χ4n) is 1.01. The molecule has 1 aromatic rings. The summed E-state index contributed by atoms with van der Waals surface area (Å²) < 4.78 is 0.943. The molecule has 3 N–H and O–H groups in total. The number of halogens is 2. The number of hydrogen-bond acceptors (Lipinski definition) is 2. The first-order valence-electron chi connectivity index (χ1n) is 3.81. The lowest BCUT2D eigenvalue weighted by atomic mass is 10.0. The fourth-order valence-corrected chi connectivity index (χ4v) is 1.55. The van der Waals surface area contributed by atoms with Crippen LogP contribution in [0.5, 0.6) is 0 Å². The van der Waals surface area contributed by atoms with Crippen LogP contribution in [0.2, 0.25) is 0 Å². The maximum atomic E-state index is 9.25. The Morgan fingerprint density at radius 3 is 2.38 bits per heavy atom. The average molecular weight is 267 g/mol. The Kier molecular flexibility index (Phi) is 5.56. The standard InChI is InChI=1S/C9H12BrNO.ClH/c1-6(12)9(11)7-4-2-3-5-8(7)10;/h2-6,9,12H,11H2,1H3;1H/t6-,9-;/m1./s1. The predicted molar refractivity (Wildman–Crippen MR) is 60.0 cm³/mol. The van der Waals surface area contributed by atoms with Crippen LogP contribution in [0.4, 0.5) is 0 Å². The molecule has 0 saturated carbocycles. The molecule has 0 aliphatic heterocycles. The average Bonchev–Trinajstić information content (AvgIpc) is 2.04. The monoisotopic (exact) mass is 265 g/mol. The van der Waals surface area contributed by atoms with Crippen molar-refractivity contribution >= 4 is 28.3 Å². The highest BCUT2D eigenvalue weighted by molar-refractivity contribution is 9.10. The van der Waals surface area contributed by atoms with Gasteiger partial charge in [-0.2, -0.15) is 0 Å². The highest BCUT2D eigenvalue weighted by Crippen LogP contribution is 2.23. The van der Waals surface area contributed by atoms with Crippen LogP contribution < -0.4 is 5.73 Å². The summed E-state index contributed by atoms with van der Waals surface area (Å²) >= 11 is 3.37. The Morgan fingerprint density at radius 1 is 1.38 bits per heavy atom. The van der Waals surface area contributed by atoms with Gasteiger partial charge in [0.25, 0.3) is 0 Å². The molecule has 0 heterocycles. The second kappa shape index (κ2) is 5.60. The van der Waals surface area contributed by atoms with Crippen LogP contribution in [-0.4, -0.2) is 11.2 Å². The van der Waals surface area contributed by atoms with Crippen molar-refractivity contribution in [1.29, 1.82) is 0 Å². The van der Waals surface area contributed by atoms with Crippen LogP contribution in [0.15, 0.2) is 28.7 Å². The summed E-state index contributed by atoms with van der Waals surface area (Å²) in [5.74, 6) is 0. The molecule has 0 amide bonds. The van der Waals surface area contributed by atoms with Crippen LogP contribution in [-0.2, 0) is 0 Å². The van der Waals surface area contributed by atoms with Gasteiger partial charge in [-0.25, -0.2) is 0 Å². The number of rotatable bonds is 2. The molecule has 0 saturated heterocycles. The third kappa shape index (κ3) is 3.27. The smallest absolute Gasteiger partial charge is 0.0705 e. The van der Waals surface area contributed by atoms with E-state index in [0.717, 1.165) is 10.0 Å². The Balaban J connectivity index is 0.00000144. The van der Waals surface area contributed by atoms with Crippen molar-refractivity contribution in [3.63, 3.8) is 0 Å². The molecule has 74 valence electrons. The van der Waals surface area contributed by atoms with Crippen molar-refractivity contribution in [2.24, 2.45) is 5.73 Å². The molecule has 1 aromatic carbocycles. The second-order valence-corrected chi connectivity index (χ2v) is 3.64. The first kappa shape index (κ1) is 12.9. The maximum Gasteiger partial charge on any atom is 0.0705 e. The lowest BCUT2D eigenvalue weighted by molar-refractivity contribution is 0.164. The van der Waals surface area contributed by atoms with Gasteiger partial charge in [0.05, 0.1) is 12.1 Å². The molecule has 2 atom stereocenters. The molecule has 0 aliphatic rings. The van der Waals surface area contributed by atoms with Crippen molar-refractivity contribution in [3.05, 3.63) is 34.3 Å². The third-order valence-electron chi connectivity index (χ3n) is 1.78. The summed E-state index contributed by atoms with van der Waals surface area (Å²) in [6, 6.07) is 7.32. The summed E-state index contributed by atoms with van der Waals surface area (Å²) in [6.45, 7) is 1.68. The van der Waals surface area contributed by atoms with E-state index >= 15 is 0 Å². The van der Waals surface area contributed by atoms with Crippen LogP contribution in [0.25, 0.3) is 0 Å². The van der Waals surface area contributed by atoms with E-state index in [1.54, 1.807) is 6.92 Å². The first-order chi connectivity index (χ1) is 5.63. The van der Waals surface area contributed by atoms with Gasteiger partial charge >= 0.3 is 0 Å². The van der Waals surface area contributed by atoms with E-state index in [0.29, 0.717) is 0 Å². The third-order valence-corrected chi connectivity index (χ3v) is 2.51. The number of benzene rings is 1. The van der Waals surface area contributed by atoms with Gasteiger partial charge in [-0.15, -0.1) is 12.4 Å². The van der Waals surface area contributed by atoms with E-state index in [2.05, 4.69) is 15.9 Å². The summed E-state index contributed by atoms with van der Waals surface area (Å²) in [4.78, 5) is 0. The summed E-state index contributed by atoms with van der Waals surface area (Å²) in [6.07, 6.45) is -0.524. The molecule has 13 heavy (non-hydrogen) atoms. The lowest BCUT2D eigenvalue weighted by Gasteiger charge is -2.16. The quantitative estimate of drug-likeness (QED) is 0.862. The SMILES string of the molecule is C[C@@H](O)[C@@H](N)c1ccccc1Br.Cl. The van der Waals surface area contributed by atoms with Gasteiger partial charge in [0.15, 0.2) is 0 Å². The zero-order valence-electron chi connectivity index (χ0n) is 7.27. The van der Waals surface area contributed by atoms with Crippen LogP contribution in [0, 0.1) is 0 Å². The van der Waals surface area contributed by atoms with Gasteiger partial charge < -0.3 is 10.8 Å². The molecular formula is C9H13BrClNO. The van der Waals surface area contributed by atoms with E-state index in [1.807, 2.05) is 24.3 Å². The molecule has 0 unspecified atom stereocenters. The van der Waals surface area contributed by atoms with E-state index in [9.17, 15) is 5.11 Å². The topological polar surface area (TPSA) is 46.2 Å². The van der Waals surface area contributed by atoms with E-state index < -0.39 is 6.10 Å². The number of hydrogen-bond donors (Lipinski definition) is 2. The zero-order valence-corrected chi connectivity index (χ0v) is 9.68. The first-order valence-corrected chi connectivity index (χ1v) is 4.60. The number of aliphatic hydroxyl groups is 1. The molecule has 0 bridgehead atoms. The molecule has 1 rings (SSSR count). The Bertz CT molecular complexity index is 268. The van der Waals surface area contributed by atoms with Gasteiger partial charge in [0, 0.05) is 4.47 Å². The fraction of sp³-hybridized carbons (Fsp3) is 0.333. The van der Waals surface area contributed by atoms with Crippen LogP contribution in [0.1, 0.15) is 18.5 Å². The molecule has 0 fully saturated rings. The van der Waals surface area contributed by atoms with Crippen molar-refractivity contribution in [3.8, 4) is 0 Å². The van der Waals surface area contributed by atoms with Crippen LogP contribution in [0.3, 0.4) is 0 Å². The minimum atomic E-state index is -0.524. The van der Waals surface area contributed by atoms with Gasteiger partial charge in [-0.1, -0.05) is 34.1 Å². The van der Waals surface area contributed by atoms with E-state index in [4.69, 9.17) is 5.73 Å². The number of nitrogens with two attached hydrogens (primary N) is 1. The maximum absolute atomic E-state index is 9.25. The van der Waals surface area contributed by atoms with E-state index in [-0.39, 0.29) is 18.4 Å². The molecule has 2 nitrogen and oxygen atoms in total. The minimum Gasteiger partial charge on any atom is -0.391 e. The van der Waals surface area contributed by atoms with Gasteiger partial charge in [-0.3, -0.25) is 0 Å². The van der Waals surface area contributed by atoms with E-state index in [1.165, 1.54) is 0 Å². The lowest BCUT2D eigenvalue weighted by Crippen LogP contribution is -2.23. The van der Waals surface area contributed by atoms with Crippen molar-refractivity contribution in [2.75, 3.05) is 0 Å². The summed E-state index contributed by atoms with van der Waals surface area (Å²) in [5.41, 5.74) is 6.70. The molecular weight excluding hydrogens is 253 g/mol. The minimum absolute atomic E-state index is 0. The van der Waals surface area contributed by atoms with Crippen LogP contribution >= 0.6 is 28.3 Å². The molecule has 0 spiro atoms. The van der Waals surface area contributed by atoms with Crippen molar-refractivity contribution < 1.29 is 5.11 Å². The Labute approximate surface area is 92.7 Å². The molecule has 4 heteroatoms. The van der Waals surface area contributed by atoms with Crippen molar-refractivity contribution in [2.45, 2.75) is 19.1 Å². The van der Waals surface area contributed by atoms with Gasteiger partial charge in [0.2, 0.25) is 0 Å². The largest absolute Gasteiger partial charge is 0.391 e. The summed E-state index contributed by atoms with van der Waals surface area (Å²) in [5, 5.41) is 9.25.